The minimum atomic E-state index is -0.633. The van der Waals surface area contributed by atoms with Crippen molar-refractivity contribution in [3.8, 4) is 17.5 Å². The first-order chi connectivity index (χ1) is 16.5. The van der Waals surface area contributed by atoms with Crippen molar-refractivity contribution in [2.45, 2.75) is 46.0 Å². The predicted octanol–water partition coefficient (Wildman–Crippen LogP) is 4.15. The molecule has 176 valence electrons. The number of Topliss-reactive ketones (excluding diaryl/α,β-unsaturated/α-hetero) is 1. The maximum atomic E-state index is 14.1. The van der Waals surface area contributed by atoms with E-state index in [1.165, 1.54) is 0 Å². The van der Waals surface area contributed by atoms with Gasteiger partial charge in [-0.3, -0.25) is 4.79 Å². The van der Waals surface area contributed by atoms with E-state index in [0.717, 1.165) is 66.1 Å². The number of fused-ring (bicyclic) bond motifs is 1. The lowest BCUT2D eigenvalue weighted by Gasteiger charge is -2.41. The van der Waals surface area contributed by atoms with E-state index in [0.29, 0.717) is 18.5 Å². The van der Waals surface area contributed by atoms with Crippen LogP contribution >= 0.6 is 0 Å². The Morgan fingerprint density at radius 3 is 2.85 bits per heavy atom. The van der Waals surface area contributed by atoms with Crippen LogP contribution in [0.2, 0.25) is 0 Å². The number of allylic oxidation sites excluding steroid dienone is 4. The van der Waals surface area contributed by atoms with E-state index in [1.54, 1.807) is 7.11 Å². The van der Waals surface area contributed by atoms with Gasteiger partial charge < -0.3 is 10.2 Å². The van der Waals surface area contributed by atoms with Gasteiger partial charge in [-0.05, 0) is 75.6 Å². The third-order valence-corrected chi connectivity index (χ3v) is 7.88. The van der Waals surface area contributed by atoms with Crippen LogP contribution in [-0.4, -0.2) is 35.7 Å². The van der Waals surface area contributed by atoms with Gasteiger partial charge in [0.25, 0.3) is 0 Å². The smallest absolute Gasteiger partial charge is 0.176 e. The number of nitriles is 1. The topological polar surface area (TPSA) is 79.9 Å². The molecule has 6 heteroatoms. The number of aromatic nitrogens is 2. The van der Waals surface area contributed by atoms with Gasteiger partial charge in [-0.1, -0.05) is 30.4 Å². The van der Waals surface area contributed by atoms with Crippen LogP contribution in [0.5, 0.6) is 0 Å². The van der Waals surface area contributed by atoms with Crippen molar-refractivity contribution >= 4 is 5.78 Å². The first-order valence-corrected chi connectivity index (χ1v) is 12.3. The third-order valence-electron chi connectivity index (χ3n) is 7.88. The van der Waals surface area contributed by atoms with Crippen LogP contribution in [0.1, 0.15) is 52.1 Å². The number of benzene rings is 1. The van der Waals surface area contributed by atoms with Crippen molar-refractivity contribution in [2.75, 3.05) is 20.2 Å². The SMILES string of the molecule is COn1c(-c2cc(C(=O)C3CNCCC3C3(C#N)C=CC=CC3)c(C)cc2C)nc2c1CCC2. The molecule has 1 aromatic carbocycles. The molecule has 3 aliphatic rings. The average Bonchev–Trinajstić information content (AvgIpc) is 3.45. The molecule has 2 aliphatic carbocycles. The molecule has 0 amide bonds. The summed E-state index contributed by atoms with van der Waals surface area (Å²) in [5, 5.41) is 13.6. The number of rotatable bonds is 5. The summed E-state index contributed by atoms with van der Waals surface area (Å²) in [6.45, 7) is 5.48. The highest BCUT2D eigenvalue weighted by molar-refractivity contribution is 6.01. The Morgan fingerprint density at radius 2 is 2.12 bits per heavy atom. The number of carbonyl (C=O) groups excluding carboxylic acids is 1. The monoisotopic (exact) mass is 456 g/mol. The van der Waals surface area contributed by atoms with Gasteiger partial charge in [-0.15, -0.1) is 0 Å². The van der Waals surface area contributed by atoms with Crippen LogP contribution in [0.4, 0.5) is 0 Å². The largest absolute Gasteiger partial charge is 0.415 e. The van der Waals surface area contributed by atoms with Crippen LogP contribution in [0.3, 0.4) is 0 Å². The summed E-state index contributed by atoms with van der Waals surface area (Å²) in [5.41, 5.74) is 5.27. The van der Waals surface area contributed by atoms with Crippen LogP contribution in [0.15, 0.2) is 36.4 Å². The molecule has 5 rings (SSSR count). The zero-order valence-corrected chi connectivity index (χ0v) is 20.2. The molecule has 0 spiro atoms. The lowest BCUT2D eigenvalue weighted by atomic mass is 9.63. The van der Waals surface area contributed by atoms with Crippen LogP contribution in [0.25, 0.3) is 11.4 Å². The van der Waals surface area contributed by atoms with E-state index in [9.17, 15) is 10.1 Å². The summed E-state index contributed by atoms with van der Waals surface area (Å²) >= 11 is 0. The molecule has 1 N–H and O–H groups in total. The third kappa shape index (κ3) is 3.59. The van der Waals surface area contributed by atoms with Crippen LogP contribution in [-0.2, 0) is 12.8 Å². The molecule has 0 radical (unpaired) electrons. The lowest BCUT2D eigenvalue weighted by Crippen LogP contribution is -2.47. The zero-order chi connectivity index (χ0) is 23.9. The van der Waals surface area contributed by atoms with Crippen LogP contribution in [0, 0.1) is 42.4 Å². The van der Waals surface area contributed by atoms with Gasteiger partial charge in [-0.25, -0.2) is 4.98 Å². The Balaban J connectivity index is 1.55. The number of imidazole rings is 1. The molecular formula is C28H32N4O2. The molecule has 3 unspecified atom stereocenters. The average molecular weight is 457 g/mol. The Hall–Kier alpha value is -3.17. The fourth-order valence-electron chi connectivity index (χ4n) is 6.11. The van der Waals surface area contributed by atoms with Crippen molar-refractivity contribution in [3.05, 3.63) is 64.5 Å². The Morgan fingerprint density at radius 1 is 1.26 bits per heavy atom. The van der Waals surface area contributed by atoms with E-state index in [2.05, 4.69) is 24.4 Å². The summed E-state index contributed by atoms with van der Waals surface area (Å²) in [4.78, 5) is 24.7. The van der Waals surface area contributed by atoms with Gasteiger partial charge in [0.05, 0.1) is 22.9 Å². The van der Waals surface area contributed by atoms with E-state index in [1.807, 2.05) is 42.0 Å². The van der Waals surface area contributed by atoms with E-state index >= 15 is 0 Å². The summed E-state index contributed by atoms with van der Waals surface area (Å²) < 4.78 is 1.84. The number of aryl methyl sites for hydroxylation is 3. The number of hydrogen-bond donors (Lipinski definition) is 1. The van der Waals surface area contributed by atoms with Gasteiger partial charge in [0.2, 0.25) is 0 Å². The Labute approximate surface area is 201 Å². The van der Waals surface area contributed by atoms with Gasteiger partial charge in [0, 0.05) is 23.6 Å². The molecular weight excluding hydrogens is 424 g/mol. The van der Waals surface area contributed by atoms with Crippen molar-refractivity contribution in [2.24, 2.45) is 17.3 Å². The Bertz CT molecular complexity index is 1230. The molecule has 2 aromatic rings. The maximum Gasteiger partial charge on any atom is 0.176 e. The Kier molecular flexibility index (Phi) is 5.91. The highest BCUT2D eigenvalue weighted by atomic mass is 16.6. The molecule has 1 aromatic heterocycles. The second-order valence-electron chi connectivity index (χ2n) is 9.85. The molecule has 1 saturated heterocycles. The van der Waals surface area contributed by atoms with Gasteiger partial charge in [0.15, 0.2) is 11.6 Å². The van der Waals surface area contributed by atoms with E-state index in [4.69, 9.17) is 9.82 Å². The standard InChI is InChI=1S/C28H32N4O2/c1-18-14-19(2)21(27-31-24-8-7-9-25(24)32(27)34-3)15-20(18)26(33)22-16-30-13-10-23(22)28(17-29)11-5-4-6-12-28/h4-6,11,14-15,22-23,30H,7-10,12-13,16H2,1-3H3. The summed E-state index contributed by atoms with van der Waals surface area (Å²) in [6.07, 6.45) is 12.5. The lowest BCUT2D eigenvalue weighted by molar-refractivity contribution is 0.0755. The summed E-state index contributed by atoms with van der Waals surface area (Å²) in [6, 6.07) is 6.66. The molecule has 1 aliphatic heterocycles. The second-order valence-corrected chi connectivity index (χ2v) is 9.85. The molecule has 2 heterocycles. The minimum absolute atomic E-state index is 0.0265. The predicted molar refractivity (Wildman–Crippen MR) is 131 cm³/mol. The van der Waals surface area contributed by atoms with Gasteiger partial charge >= 0.3 is 0 Å². The van der Waals surface area contributed by atoms with Gasteiger partial charge in [0.1, 0.15) is 7.11 Å². The summed E-state index contributed by atoms with van der Waals surface area (Å²) in [5.74, 6) is 0.592. The molecule has 3 atom stereocenters. The minimum Gasteiger partial charge on any atom is -0.415 e. The maximum absolute atomic E-state index is 14.1. The fraction of sp³-hybridized carbons (Fsp3) is 0.464. The highest BCUT2D eigenvalue weighted by Gasteiger charge is 2.45. The van der Waals surface area contributed by atoms with Crippen LogP contribution < -0.4 is 10.2 Å². The molecule has 1 fully saturated rings. The molecule has 0 bridgehead atoms. The van der Waals surface area contributed by atoms with Crippen molar-refractivity contribution in [1.82, 2.24) is 15.0 Å². The van der Waals surface area contributed by atoms with E-state index < -0.39 is 5.41 Å². The number of ketones is 1. The number of hydrogen-bond acceptors (Lipinski definition) is 5. The molecule has 34 heavy (non-hydrogen) atoms. The molecule has 6 nitrogen and oxygen atoms in total. The van der Waals surface area contributed by atoms with Gasteiger partial charge in [-0.2, -0.15) is 9.99 Å². The summed E-state index contributed by atoms with van der Waals surface area (Å²) in [7, 11) is 1.67. The van der Waals surface area contributed by atoms with Crippen molar-refractivity contribution in [1.29, 1.82) is 5.26 Å². The second kappa shape index (κ2) is 8.88. The molecule has 0 saturated carbocycles. The van der Waals surface area contributed by atoms with Crippen molar-refractivity contribution in [3.63, 3.8) is 0 Å². The highest BCUT2D eigenvalue weighted by Crippen LogP contribution is 2.44. The first-order valence-electron chi connectivity index (χ1n) is 12.3. The first kappa shape index (κ1) is 22.6. The number of nitrogens with zero attached hydrogens (tertiary/aromatic N) is 3. The number of piperidine rings is 1. The zero-order valence-electron chi connectivity index (χ0n) is 20.2. The van der Waals surface area contributed by atoms with E-state index in [-0.39, 0.29) is 17.6 Å². The normalized spacial score (nSPS) is 25.7. The van der Waals surface area contributed by atoms with Crippen molar-refractivity contribution < 1.29 is 9.63 Å². The number of carbonyl (C=O) groups is 1. The number of nitrogens with one attached hydrogen (secondary N) is 1. The quantitative estimate of drug-likeness (QED) is 0.684. The fourth-order valence-corrected chi connectivity index (χ4v) is 6.11.